The molecular formula is C5H4F6O. The summed E-state index contributed by atoms with van der Waals surface area (Å²) in [5, 5.41) is 0. The van der Waals surface area contributed by atoms with Crippen LogP contribution in [0.5, 0.6) is 0 Å². The van der Waals surface area contributed by atoms with Gasteiger partial charge >= 0.3 is 12.1 Å². The lowest BCUT2D eigenvalue weighted by Crippen LogP contribution is -2.46. The smallest absolute Gasteiger partial charge is 0.293 e. The highest BCUT2D eigenvalue weighted by atomic mass is 19.4. The van der Waals surface area contributed by atoms with Crippen LogP contribution in [0.2, 0.25) is 0 Å². The zero-order valence-corrected chi connectivity index (χ0v) is 5.75. The standard InChI is InChI=1S/C5H4F6O/c1-2(12)4(7,8)3(6)5(9,10)11/h3H,1H3/t3-/m0/s1. The molecule has 0 radical (unpaired) electrons. The molecule has 0 rings (SSSR count). The highest BCUT2D eigenvalue weighted by molar-refractivity contribution is 5.83. The van der Waals surface area contributed by atoms with E-state index in [0.29, 0.717) is 0 Å². The molecule has 0 bridgehead atoms. The van der Waals surface area contributed by atoms with Crippen LogP contribution in [0, 0.1) is 0 Å². The average Bonchev–Trinajstić information content (AvgIpc) is 1.83. The van der Waals surface area contributed by atoms with E-state index >= 15 is 0 Å². The number of Topliss-reactive ketones (excluding diaryl/α,β-unsaturated/α-hetero) is 1. The first kappa shape index (κ1) is 11.2. The second kappa shape index (κ2) is 2.95. The van der Waals surface area contributed by atoms with Gasteiger partial charge in [0.1, 0.15) is 0 Å². The van der Waals surface area contributed by atoms with Gasteiger partial charge in [-0.25, -0.2) is 4.39 Å². The summed E-state index contributed by atoms with van der Waals surface area (Å²) in [5.74, 6) is -7.13. The fraction of sp³-hybridized carbons (Fsp3) is 0.800. The minimum absolute atomic E-state index is 0.193. The Morgan fingerprint density at radius 1 is 1.17 bits per heavy atom. The van der Waals surface area contributed by atoms with E-state index < -0.39 is 24.1 Å². The van der Waals surface area contributed by atoms with Gasteiger partial charge in [-0.05, 0) is 0 Å². The van der Waals surface area contributed by atoms with Crippen molar-refractivity contribution in [2.24, 2.45) is 0 Å². The molecule has 12 heavy (non-hydrogen) atoms. The van der Waals surface area contributed by atoms with Crippen LogP contribution in [0.3, 0.4) is 0 Å². The van der Waals surface area contributed by atoms with E-state index in [-0.39, 0.29) is 6.92 Å². The predicted octanol–water partition coefficient (Wildman–Crippen LogP) is 2.11. The molecule has 72 valence electrons. The second-order valence-corrected chi connectivity index (χ2v) is 2.08. The summed E-state index contributed by atoms with van der Waals surface area (Å²) in [6.45, 7) is 0.193. The van der Waals surface area contributed by atoms with E-state index in [1.165, 1.54) is 0 Å². The molecule has 0 heterocycles. The summed E-state index contributed by atoms with van der Waals surface area (Å²) >= 11 is 0. The molecule has 1 nitrogen and oxygen atoms in total. The quantitative estimate of drug-likeness (QED) is 0.615. The zero-order chi connectivity index (χ0) is 10.2. The number of rotatable bonds is 2. The number of carbonyl (C=O) groups excluding carboxylic acids is 1. The molecule has 0 aromatic carbocycles. The number of alkyl halides is 6. The van der Waals surface area contributed by atoms with Crippen LogP contribution in [0.1, 0.15) is 6.92 Å². The maximum absolute atomic E-state index is 12.0. The molecule has 0 amide bonds. The van der Waals surface area contributed by atoms with Crippen LogP contribution in [-0.4, -0.2) is 24.1 Å². The van der Waals surface area contributed by atoms with E-state index in [9.17, 15) is 31.1 Å². The van der Waals surface area contributed by atoms with Crippen LogP contribution >= 0.6 is 0 Å². The van der Waals surface area contributed by atoms with Crippen LogP contribution in [0.15, 0.2) is 0 Å². The zero-order valence-electron chi connectivity index (χ0n) is 5.75. The van der Waals surface area contributed by atoms with Crippen LogP contribution < -0.4 is 0 Å². The number of ketones is 1. The van der Waals surface area contributed by atoms with Gasteiger partial charge in [0.2, 0.25) is 5.78 Å². The summed E-state index contributed by atoms with van der Waals surface area (Å²) in [7, 11) is 0. The Morgan fingerprint density at radius 3 is 1.58 bits per heavy atom. The fourth-order valence-electron chi connectivity index (χ4n) is 0.384. The van der Waals surface area contributed by atoms with Crippen LogP contribution in [-0.2, 0) is 4.79 Å². The monoisotopic (exact) mass is 194 g/mol. The minimum Gasteiger partial charge on any atom is -0.293 e. The minimum atomic E-state index is -5.71. The van der Waals surface area contributed by atoms with Gasteiger partial charge in [-0.1, -0.05) is 0 Å². The normalized spacial score (nSPS) is 15.9. The van der Waals surface area contributed by atoms with E-state index in [0.717, 1.165) is 0 Å². The van der Waals surface area contributed by atoms with Gasteiger partial charge in [0.05, 0.1) is 0 Å². The average molecular weight is 194 g/mol. The molecule has 0 spiro atoms. The van der Waals surface area contributed by atoms with Crippen molar-refractivity contribution in [1.29, 1.82) is 0 Å². The van der Waals surface area contributed by atoms with Gasteiger partial charge in [-0.15, -0.1) is 0 Å². The van der Waals surface area contributed by atoms with Crippen molar-refractivity contribution in [1.82, 2.24) is 0 Å². The van der Waals surface area contributed by atoms with Crippen molar-refractivity contribution in [3.8, 4) is 0 Å². The van der Waals surface area contributed by atoms with Gasteiger partial charge in [0, 0.05) is 6.92 Å². The predicted molar refractivity (Wildman–Crippen MR) is 26.6 cm³/mol. The topological polar surface area (TPSA) is 17.1 Å². The molecule has 1 atom stereocenters. The van der Waals surface area contributed by atoms with Crippen molar-refractivity contribution in [3.05, 3.63) is 0 Å². The number of carbonyl (C=O) groups is 1. The summed E-state index contributed by atoms with van der Waals surface area (Å²) < 4.78 is 69.7. The molecule has 0 aliphatic heterocycles. The Bertz CT molecular complexity index is 183. The van der Waals surface area contributed by atoms with E-state index in [4.69, 9.17) is 0 Å². The van der Waals surface area contributed by atoms with E-state index in [1.54, 1.807) is 0 Å². The first-order chi connectivity index (χ1) is 5.10. The molecule has 0 aliphatic carbocycles. The lowest BCUT2D eigenvalue weighted by atomic mass is 10.1. The third-order valence-electron chi connectivity index (χ3n) is 1.08. The molecule has 0 aromatic heterocycles. The highest BCUT2D eigenvalue weighted by Gasteiger charge is 2.59. The third kappa shape index (κ3) is 2.12. The van der Waals surface area contributed by atoms with Gasteiger partial charge in [0.25, 0.3) is 6.17 Å². The first-order valence-corrected chi connectivity index (χ1v) is 2.69. The van der Waals surface area contributed by atoms with Gasteiger partial charge < -0.3 is 0 Å². The fourth-order valence-corrected chi connectivity index (χ4v) is 0.384. The molecule has 0 unspecified atom stereocenters. The second-order valence-electron chi connectivity index (χ2n) is 2.08. The Balaban J connectivity index is 4.69. The summed E-state index contributed by atoms with van der Waals surface area (Å²) in [5.41, 5.74) is 0. The molecule has 0 N–H and O–H groups in total. The van der Waals surface area contributed by atoms with Crippen molar-refractivity contribution >= 4 is 5.78 Å². The summed E-state index contributed by atoms with van der Waals surface area (Å²) in [6.07, 6.45) is -10.1. The Hall–Kier alpha value is -0.750. The molecule has 0 aromatic rings. The van der Waals surface area contributed by atoms with Crippen molar-refractivity contribution in [2.75, 3.05) is 0 Å². The maximum Gasteiger partial charge on any atom is 0.426 e. The van der Waals surface area contributed by atoms with Crippen molar-refractivity contribution in [3.63, 3.8) is 0 Å². The lowest BCUT2D eigenvalue weighted by molar-refractivity contribution is -0.238. The largest absolute Gasteiger partial charge is 0.426 e. The number of hydrogen-bond donors (Lipinski definition) is 0. The van der Waals surface area contributed by atoms with Crippen molar-refractivity contribution < 1.29 is 31.1 Å². The number of hydrogen-bond acceptors (Lipinski definition) is 1. The SMILES string of the molecule is CC(=O)C(F)(F)[C@H](F)C(F)(F)F. The molecular weight excluding hydrogens is 190 g/mol. The molecule has 0 saturated carbocycles. The lowest BCUT2D eigenvalue weighted by Gasteiger charge is -2.19. The highest BCUT2D eigenvalue weighted by Crippen LogP contribution is 2.35. The van der Waals surface area contributed by atoms with Gasteiger partial charge in [-0.3, -0.25) is 4.79 Å². The van der Waals surface area contributed by atoms with E-state index in [2.05, 4.69) is 0 Å². The van der Waals surface area contributed by atoms with Crippen LogP contribution in [0.25, 0.3) is 0 Å². The third-order valence-corrected chi connectivity index (χ3v) is 1.08. The molecule has 0 fully saturated rings. The van der Waals surface area contributed by atoms with E-state index in [1.807, 2.05) is 0 Å². The first-order valence-electron chi connectivity index (χ1n) is 2.69. The molecule has 7 heteroatoms. The number of halogens is 6. The van der Waals surface area contributed by atoms with Crippen molar-refractivity contribution in [2.45, 2.75) is 25.2 Å². The summed E-state index contributed by atoms with van der Waals surface area (Å²) in [4.78, 5) is 9.86. The van der Waals surface area contributed by atoms with Gasteiger partial charge in [0.15, 0.2) is 0 Å². The van der Waals surface area contributed by atoms with Gasteiger partial charge in [-0.2, -0.15) is 22.0 Å². The Kier molecular flexibility index (Phi) is 2.76. The molecule has 0 aliphatic rings. The Morgan fingerprint density at radius 2 is 1.50 bits per heavy atom. The maximum atomic E-state index is 12.0. The van der Waals surface area contributed by atoms with Crippen LogP contribution in [0.4, 0.5) is 26.3 Å². The molecule has 0 saturated heterocycles. The summed E-state index contributed by atoms with van der Waals surface area (Å²) in [6, 6.07) is 0. The Labute approximate surface area is 63.4 Å².